The normalized spacial score (nSPS) is 11.1. The predicted molar refractivity (Wildman–Crippen MR) is 126 cm³/mol. The third-order valence-electron chi connectivity index (χ3n) is 5.36. The first-order valence-electron chi connectivity index (χ1n) is 10.9. The zero-order valence-electron chi connectivity index (χ0n) is 19.4. The van der Waals surface area contributed by atoms with Crippen LogP contribution < -0.4 is 10.6 Å². The van der Waals surface area contributed by atoms with Crippen molar-refractivity contribution in [2.24, 2.45) is 5.92 Å². The number of methoxy groups -OCH3 is 1. The molecule has 0 aliphatic heterocycles. The lowest BCUT2D eigenvalue weighted by molar-refractivity contribution is 0.0589. The van der Waals surface area contributed by atoms with Crippen molar-refractivity contribution >= 4 is 34.3 Å². The number of amides is 1. The molecule has 0 saturated heterocycles. The highest BCUT2D eigenvalue weighted by Crippen LogP contribution is 2.34. The van der Waals surface area contributed by atoms with Crippen LogP contribution in [-0.2, 0) is 17.8 Å². The molecule has 10 heteroatoms. The third-order valence-corrected chi connectivity index (χ3v) is 5.36. The summed E-state index contributed by atoms with van der Waals surface area (Å²) in [6.45, 7) is 4.42. The number of nitrogens with one attached hydrogen (secondary N) is 2. The van der Waals surface area contributed by atoms with Crippen LogP contribution in [0.5, 0.6) is 0 Å². The Balaban J connectivity index is 1.79. The number of halogens is 2. The van der Waals surface area contributed by atoms with E-state index in [1.54, 1.807) is 10.6 Å². The van der Waals surface area contributed by atoms with E-state index in [-0.39, 0.29) is 35.0 Å². The number of esters is 1. The van der Waals surface area contributed by atoms with Gasteiger partial charge in [-0.3, -0.25) is 4.79 Å². The summed E-state index contributed by atoms with van der Waals surface area (Å²) in [5.41, 5.74) is 1.74. The zero-order chi connectivity index (χ0) is 25.1. The summed E-state index contributed by atoms with van der Waals surface area (Å²) in [5, 5.41) is 6.28. The number of rotatable bonds is 8. The molecule has 0 atom stereocenters. The minimum atomic E-state index is -0.935. The van der Waals surface area contributed by atoms with Gasteiger partial charge in [-0.15, -0.1) is 0 Å². The summed E-state index contributed by atoms with van der Waals surface area (Å²) in [4.78, 5) is 30.1. The van der Waals surface area contributed by atoms with Crippen LogP contribution in [0.4, 0.5) is 20.2 Å². The largest absolute Gasteiger partial charge is 0.472 e. The predicted octanol–water partition coefficient (Wildman–Crippen LogP) is 5.21. The summed E-state index contributed by atoms with van der Waals surface area (Å²) >= 11 is 0. The maximum atomic E-state index is 14.1. The maximum absolute atomic E-state index is 14.1. The molecule has 0 aliphatic carbocycles. The minimum absolute atomic E-state index is 0.00402. The highest BCUT2D eigenvalue weighted by atomic mass is 19.2. The number of nitrogens with zero attached hydrogens (tertiary/aromatic N) is 2. The summed E-state index contributed by atoms with van der Waals surface area (Å²) in [6.07, 6.45) is 4.19. The summed E-state index contributed by atoms with van der Waals surface area (Å²) in [7, 11) is 1.26. The number of fused-ring (bicyclic) bond motifs is 1. The van der Waals surface area contributed by atoms with Crippen molar-refractivity contribution in [2.45, 2.75) is 26.9 Å². The Morgan fingerprint density at radius 1 is 1.23 bits per heavy atom. The number of ether oxygens (including phenoxy) is 1. The van der Waals surface area contributed by atoms with Gasteiger partial charge in [0.05, 0.1) is 36.5 Å². The number of carbonyl (C=O) groups is 2. The monoisotopic (exact) mass is 482 g/mol. The lowest BCUT2D eigenvalue weighted by atomic mass is 10.2. The molecule has 0 saturated carbocycles. The Morgan fingerprint density at radius 3 is 2.71 bits per heavy atom. The Hall–Kier alpha value is -4.21. The van der Waals surface area contributed by atoms with Crippen molar-refractivity contribution in [3.05, 3.63) is 77.5 Å². The van der Waals surface area contributed by atoms with Crippen molar-refractivity contribution < 1.29 is 27.5 Å². The van der Waals surface area contributed by atoms with Crippen molar-refractivity contribution in [3.63, 3.8) is 0 Å². The average molecular weight is 482 g/mol. The molecule has 0 radical (unpaired) electrons. The van der Waals surface area contributed by atoms with Crippen LogP contribution in [0.2, 0.25) is 0 Å². The molecular formula is C25H24F2N4O4. The lowest BCUT2D eigenvalue weighted by Crippen LogP contribution is -2.18. The number of anilines is 2. The van der Waals surface area contributed by atoms with E-state index in [4.69, 9.17) is 9.15 Å². The number of pyridine rings is 1. The van der Waals surface area contributed by atoms with E-state index in [0.29, 0.717) is 23.3 Å². The number of carbonyl (C=O) groups excluding carboxylic acids is 2. The van der Waals surface area contributed by atoms with Crippen LogP contribution >= 0.6 is 0 Å². The number of aromatic nitrogens is 2. The van der Waals surface area contributed by atoms with Crippen molar-refractivity contribution in [3.8, 4) is 0 Å². The van der Waals surface area contributed by atoms with E-state index in [1.807, 2.05) is 13.8 Å². The highest BCUT2D eigenvalue weighted by Gasteiger charge is 2.27. The van der Waals surface area contributed by atoms with Crippen LogP contribution in [0, 0.1) is 17.6 Å². The molecule has 0 unspecified atom stereocenters. The van der Waals surface area contributed by atoms with Gasteiger partial charge in [0.25, 0.3) is 5.91 Å². The van der Waals surface area contributed by atoms with Gasteiger partial charge in [0.1, 0.15) is 11.9 Å². The standard InChI is InChI=1S/C25H24F2N4O4/c1-14(2)12-31-22(25(33)34-3)21(30-24(32)16-7-8-35-13-16)18-9-17(11-29-23(18)31)28-10-15-5-4-6-19(26)20(15)27/h4-9,11,13-14,28H,10,12H2,1-3H3,(H,30,32). The molecule has 35 heavy (non-hydrogen) atoms. The fourth-order valence-electron chi connectivity index (χ4n) is 3.76. The maximum Gasteiger partial charge on any atom is 0.356 e. The third kappa shape index (κ3) is 4.86. The molecule has 4 rings (SSSR count). The summed E-state index contributed by atoms with van der Waals surface area (Å²) in [6, 6.07) is 7.14. The summed E-state index contributed by atoms with van der Waals surface area (Å²) < 4.78 is 39.3. The average Bonchev–Trinajstić information content (AvgIpc) is 3.47. The number of benzene rings is 1. The SMILES string of the molecule is COC(=O)c1c(NC(=O)c2ccoc2)c2cc(NCc3cccc(F)c3F)cnc2n1CC(C)C. The fourth-order valence-corrected chi connectivity index (χ4v) is 3.76. The van der Waals surface area contributed by atoms with Crippen LogP contribution in [0.3, 0.4) is 0 Å². The molecule has 0 spiro atoms. The Bertz CT molecular complexity index is 1380. The Labute approximate surface area is 199 Å². The number of furan rings is 1. The smallest absolute Gasteiger partial charge is 0.356 e. The second kappa shape index (κ2) is 9.96. The van der Waals surface area contributed by atoms with Crippen molar-refractivity contribution in [2.75, 3.05) is 17.7 Å². The quantitative estimate of drug-likeness (QED) is 0.335. The Kier molecular flexibility index (Phi) is 6.81. The van der Waals surface area contributed by atoms with E-state index in [2.05, 4.69) is 15.6 Å². The van der Waals surface area contributed by atoms with Gasteiger partial charge in [0, 0.05) is 24.0 Å². The van der Waals surface area contributed by atoms with Gasteiger partial charge in [0.15, 0.2) is 17.3 Å². The Morgan fingerprint density at radius 2 is 2.03 bits per heavy atom. The molecule has 4 aromatic rings. The van der Waals surface area contributed by atoms with Gasteiger partial charge in [-0.1, -0.05) is 26.0 Å². The molecule has 0 bridgehead atoms. The van der Waals surface area contributed by atoms with Crippen LogP contribution in [-0.4, -0.2) is 28.5 Å². The van der Waals surface area contributed by atoms with Crippen molar-refractivity contribution in [1.29, 1.82) is 0 Å². The van der Waals surface area contributed by atoms with Gasteiger partial charge >= 0.3 is 5.97 Å². The van der Waals surface area contributed by atoms with E-state index in [9.17, 15) is 18.4 Å². The minimum Gasteiger partial charge on any atom is -0.472 e. The fraction of sp³-hybridized carbons (Fsp3) is 0.240. The second-order valence-corrected chi connectivity index (χ2v) is 8.35. The van der Waals surface area contributed by atoms with Crippen molar-refractivity contribution in [1.82, 2.24) is 9.55 Å². The highest BCUT2D eigenvalue weighted by molar-refractivity contribution is 6.14. The molecule has 3 aromatic heterocycles. The second-order valence-electron chi connectivity index (χ2n) is 8.35. The molecule has 182 valence electrons. The lowest BCUT2D eigenvalue weighted by Gasteiger charge is -2.12. The number of hydrogen-bond donors (Lipinski definition) is 2. The van der Waals surface area contributed by atoms with Gasteiger partial charge in [-0.2, -0.15) is 0 Å². The molecule has 2 N–H and O–H groups in total. The molecule has 0 fully saturated rings. The van der Waals surface area contributed by atoms with E-state index in [0.717, 1.165) is 6.07 Å². The van der Waals surface area contributed by atoms with E-state index < -0.39 is 23.5 Å². The molecular weight excluding hydrogens is 458 g/mol. The van der Waals surface area contributed by atoms with E-state index >= 15 is 0 Å². The van der Waals surface area contributed by atoms with E-state index in [1.165, 1.54) is 44.0 Å². The topological polar surface area (TPSA) is 98.4 Å². The zero-order valence-corrected chi connectivity index (χ0v) is 19.4. The van der Waals surface area contributed by atoms with Gasteiger partial charge in [-0.05, 0) is 24.1 Å². The first-order chi connectivity index (χ1) is 16.8. The molecule has 8 nitrogen and oxygen atoms in total. The molecule has 0 aliphatic rings. The first-order valence-corrected chi connectivity index (χ1v) is 10.9. The summed E-state index contributed by atoms with van der Waals surface area (Å²) in [5.74, 6) is -2.83. The van der Waals surface area contributed by atoms with Gasteiger partial charge < -0.3 is 24.4 Å². The van der Waals surface area contributed by atoms with Crippen LogP contribution in [0.15, 0.2) is 53.5 Å². The van der Waals surface area contributed by atoms with Crippen LogP contribution in [0.1, 0.15) is 40.3 Å². The molecule has 1 amide bonds. The molecule has 3 heterocycles. The van der Waals surface area contributed by atoms with Gasteiger partial charge in [0.2, 0.25) is 0 Å². The first kappa shape index (κ1) is 23.9. The number of hydrogen-bond acceptors (Lipinski definition) is 6. The van der Waals surface area contributed by atoms with Gasteiger partial charge in [-0.25, -0.2) is 18.6 Å². The van der Waals surface area contributed by atoms with Crippen LogP contribution in [0.25, 0.3) is 11.0 Å². The molecule has 1 aromatic carbocycles.